The van der Waals surface area contributed by atoms with Gasteiger partial charge < -0.3 is 9.47 Å². The van der Waals surface area contributed by atoms with Crippen molar-refractivity contribution in [3.63, 3.8) is 0 Å². The van der Waals surface area contributed by atoms with Crippen molar-refractivity contribution in [2.24, 2.45) is 0 Å². The van der Waals surface area contributed by atoms with E-state index in [2.05, 4.69) is 0 Å². The number of carbonyl (C=O) groups is 1. The summed E-state index contributed by atoms with van der Waals surface area (Å²) < 4.78 is 22.0. The Morgan fingerprint density at radius 3 is 2.29 bits per heavy atom. The van der Waals surface area contributed by atoms with Crippen LogP contribution in [0, 0.1) is 0 Å². The minimum Gasteiger partial charge on any atom is -0.456 e. The van der Waals surface area contributed by atoms with Gasteiger partial charge in [-0.1, -0.05) is 16.2 Å². The van der Waals surface area contributed by atoms with Crippen LogP contribution in [0.4, 0.5) is 0 Å². The molecule has 0 aliphatic rings. The summed E-state index contributed by atoms with van der Waals surface area (Å²) in [7, 11) is -1.85. The fourth-order valence-corrected chi connectivity index (χ4v) is 2.10. The van der Waals surface area contributed by atoms with Crippen LogP contribution in [0.3, 0.4) is 0 Å². The lowest BCUT2D eigenvalue weighted by molar-refractivity contribution is -0.152. The van der Waals surface area contributed by atoms with Gasteiger partial charge in [-0.25, -0.2) is 4.79 Å². The number of halogens is 1. The zero-order valence-electron chi connectivity index (χ0n) is 11.0. The zero-order chi connectivity index (χ0) is 13.6. The van der Waals surface area contributed by atoms with Crippen molar-refractivity contribution >= 4 is 25.4 Å². The molecule has 0 aromatic rings. The van der Waals surface area contributed by atoms with Crippen molar-refractivity contribution in [3.8, 4) is 0 Å². The monoisotopic (exact) mass is 283 g/mol. The Labute approximate surface area is 109 Å². The second kappa shape index (κ2) is 7.30. The predicted octanol–water partition coefficient (Wildman–Crippen LogP) is 3.15. The van der Waals surface area contributed by atoms with E-state index in [9.17, 15) is 9.36 Å². The van der Waals surface area contributed by atoms with E-state index in [-0.39, 0.29) is 12.3 Å². The topological polar surface area (TPSA) is 52.6 Å². The molecule has 4 nitrogen and oxygen atoms in total. The fraction of sp³-hybridized carbons (Fsp3) is 0.909. The van der Waals surface area contributed by atoms with Crippen LogP contribution in [0.1, 0.15) is 34.6 Å². The van der Waals surface area contributed by atoms with Gasteiger partial charge >= 0.3 is 18.9 Å². The molecule has 0 bridgehead atoms. The third-order valence-corrected chi connectivity index (χ3v) is 3.79. The molecular weight excluding hydrogens is 263 g/mol. The van der Waals surface area contributed by atoms with E-state index in [4.69, 9.17) is 21.1 Å². The summed E-state index contributed by atoms with van der Waals surface area (Å²) in [6.45, 7) is 9.33. The van der Waals surface area contributed by atoms with Gasteiger partial charge in [-0.3, -0.25) is 0 Å². The molecule has 0 aromatic carbocycles. The number of hydrogen-bond donors (Lipinski definition) is 0. The van der Waals surface area contributed by atoms with Crippen molar-refractivity contribution < 1.29 is 18.8 Å². The Bertz CT molecular complexity index is 273. The molecular formula is C11H21ClO4P+. The van der Waals surface area contributed by atoms with Crippen LogP contribution in [0.15, 0.2) is 0 Å². The first kappa shape index (κ1) is 16.8. The number of hydrogen-bond acceptors (Lipinski definition) is 4. The molecule has 0 fully saturated rings. The highest BCUT2D eigenvalue weighted by molar-refractivity contribution is 7.49. The molecule has 2 atom stereocenters. The van der Waals surface area contributed by atoms with E-state index < -0.39 is 24.5 Å². The van der Waals surface area contributed by atoms with Gasteiger partial charge in [-0.05, 0) is 34.6 Å². The van der Waals surface area contributed by atoms with Crippen LogP contribution in [0.5, 0.6) is 0 Å². The molecule has 0 saturated heterocycles. The Kier molecular flexibility index (Phi) is 7.22. The van der Waals surface area contributed by atoms with Crippen LogP contribution >= 0.6 is 19.4 Å². The molecule has 0 aliphatic heterocycles. The summed E-state index contributed by atoms with van der Waals surface area (Å²) in [5.41, 5.74) is -0.616. The highest BCUT2D eigenvalue weighted by Crippen LogP contribution is 2.32. The van der Waals surface area contributed by atoms with Crippen molar-refractivity contribution in [2.45, 2.75) is 51.4 Å². The second-order valence-corrected chi connectivity index (χ2v) is 7.47. The van der Waals surface area contributed by atoms with Gasteiger partial charge in [0.1, 0.15) is 5.60 Å². The standard InChI is InChI=1S/C11H21ClO4P/c1-8(2)15-6-7-17(14)9(12)10(13)16-11(3,4)5/h8-9H,6-7H2,1-5H3/q+1. The second-order valence-electron chi connectivity index (χ2n) is 4.93. The minimum absolute atomic E-state index is 0.0775. The molecule has 0 aliphatic carbocycles. The zero-order valence-corrected chi connectivity index (χ0v) is 12.7. The van der Waals surface area contributed by atoms with E-state index in [1.54, 1.807) is 20.8 Å². The maximum atomic E-state index is 11.7. The molecule has 0 heterocycles. The smallest absolute Gasteiger partial charge is 0.374 e. The SMILES string of the molecule is CC(C)OCC[P+](=O)C(Cl)C(=O)OC(C)(C)C. The fourth-order valence-electron chi connectivity index (χ4n) is 0.960. The van der Waals surface area contributed by atoms with Gasteiger partial charge in [0.05, 0.1) is 12.7 Å². The van der Waals surface area contributed by atoms with Gasteiger partial charge in [-0.15, -0.1) is 0 Å². The molecule has 0 saturated carbocycles. The van der Waals surface area contributed by atoms with E-state index in [0.717, 1.165) is 0 Å². The van der Waals surface area contributed by atoms with E-state index >= 15 is 0 Å². The van der Waals surface area contributed by atoms with Crippen molar-refractivity contribution in [2.75, 3.05) is 12.8 Å². The largest absolute Gasteiger partial charge is 0.456 e. The molecule has 2 unspecified atom stereocenters. The number of carbonyl (C=O) groups excluding carboxylic acids is 1. The van der Waals surface area contributed by atoms with E-state index in [0.29, 0.717) is 6.61 Å². The van der Waals surface area contributed by atoms with E-state index in [1.807, 2.05) is 13.8 Å². The molecule has 100 valence electrons. The molecule has 0 rings (SSSR count). The summed E-state index contributed by atoms with van der Waals surface area (Å²) in [6, 6.07) is 0. The lowest BCUT2D eigenvalue weighted by Gasteiger charge is -2.18. The van der Waals surface area contributed by atoms with Crippen LogP contribution in [0.2, 0.25) is 0 Å². The van der Waals surface area contributed by atoms with Gasteiger partial charge in [0.2, 0.25) is 0 Å². The Morgan fingerprint density at radius 2 is 1.88 bits per heavy atom. The first-order valence-electron chi connectivity index (χ1n) is 5.56. The Balaban J connectivity index is 4.08. The number of rotatable bonds is 6. The lowest BCUT2D eigenvalue weighted by atomic mass is 10.2. The average Bonchev–Trinajstić information content (AvgIpc) is 2.13. The van der Waals surface area contributed by atoms with Crippen LogP contribution in [-0.2, 0) is 18.8 Å². The summed E-state index contributed by atoms with van der Waals surface area (Å²) in [5.74, 6) is -0.634. The number of esters is 1. The summed E-state index contributed by atoms with van der Waals surface area (Å²) in [5, 5.41) is -1.10. The third-order valence-electron chi connectivity index (χ3n) is 1.62. The van der Waals surface area contributed by atoms with Crippen molar-refractivity contribution in [3.05, 3.63) is 0 Å². The maximum Gasteiger partial charge on any atom is 0.374 e. The van der Waals surface area contributed by atoms with Crippen LogP contribution in [-0.4, -0.2) is 35.6 Å². The summed E-state index contributed by atoms with van der Waals surface area (Å²) in [6.07, 6.45) is 0.342. The van der Waals surface area contributed by atoms with Crippen molar-refractivity contribution in [1.29, 1.82) is 0 Å². The predicted molar refractivity (Wildman–Crippen MR) is 69.0 cm³/mol. The molecule has 0 spiro atoms. The van der Waals surface area contributed by atoms with Crippen LogP contribution in [0.25, 0.3) is 0 Å². The Hall–Kier alpha value is -0.180. The number of ether oxygens (including phenoxy) is 2. The van der Waals surface area contributed by atoms with Gasteiger partial charge in [-0.2, -0.15) is 0 Å². The number of alkyl halides is 1. The highest BCUT2D eigenvalue weighted by atomic mass is 35.5. The molecule has 0 N–H and O–H groups in total. The average molecular weight is 284 g/mol. The van der Waals surface area contributed by atoms with Gasteiger partial charge in [0.15, 0.2) is 6.16 Å². The Morgan fingerprint density at radius 1 is 1.35 bits per heavy atom. The first-order chi connectivity index (χ1) is 7.63. The molecule has 6 heteroatoms. The quantitative estimate of drug-likeness (QED) is 0.427. The first-order valence-corrected chi connectivity index (χ1v) is 7.51. The summed E-state index contributed by atoms with van der Waals surface area (Å²) >= 11 is 5.79. The van der Waals surface area contributed by atoms with Gasteiger partial charge in [0, 0.05) is 0 Å². The third kappa shape index (κ3) is 8.53. The summed E-state index contributed by atoms with van der Waals surface area (Å²) in [4.78, 5) is 11.5. The molecule has 0 amide bonds. The molecule has 0 aromatic heterocycles. The highest BCUT2D eigenvalue weighted by Gasteiger charge is 2.38. The molecule has 17 heavy (non-hydrogen) atoms. The normalized spacial score (nSPS) is 14.6. The maximum absolute atomic E-state index is 11.7. The van der Waals surface area contributed by atoms with Crippen LogP contribution < -0.4 is 0 Å². The van der Waals surface area contributed by atoms with Gasteiger partial charge in [0.25, 0.3) is 0 Å². The van der Waals surface area contributed by atoms with Crippen molar-refractivity contribution in [1.82, 2.24) is 0 Å². The molecule has 0 radical (unpaired) electrons. The minimum atomic E-state index is -1.85. The van der Waals surface area contributed by atoms with E-state index in [1.165, 1.54) is 0 Å². The lowest BCUT2D eigenvalue weighted by Crippen LogP contribution is -2.28.